The molecule has 0 aromatic heterocycles. The Kier molecular flexibility index (Phi) is 6.34. The van der Waals surface area contributed by atoms with Crippen LogP contribution in [0.3, 0.4) is 0 Å². The van der Waals surface area contributed by atoms with Crippen molar-refractivity contribution in [2.45, 2.75) is 45.1 Å². The quantitative estimate of drug-likeness (QED) is 0.255. The van der Waals surface area contributed by atoms with Crippen LogP contribution in [0.25, 0.3) is 0 Å². The van der Waals surface area contributed by atoms with Gasteiger partial charge < -0.3 is 10.1 Å². The van der Waals surface area contributed by atoms with Crippen LogP contribution in [-0.2, 0) is 0 Å². The summed E-state index contributed by atoms with van der Waals surface area (Å²) < 4.78 is 5.67. The Morgan fingerprint density at radius 3 is 2.86 bits per heavy atom. The van der Waals surface area contributed by atoms with Crippen LogP contribution in [0.15, 0.2) is 29.3 Å². The van der Waals surface area contributed by atoms with E-state index in [2.05, 4.69) is 28.7 Å². The van der Waals surface area contributed by atoms with Gasteiger partial charge in [-0.25, -0.2) is 10.8 Å². The van der Waals surface area contributed by atoms with Crippen LogP contribution in [0.1, 0.15) is 37.7 Å². The number of nitrogens with zero attached hydrogens (tertiary/aromatic N) is 1. The van der Waals surface area contributed by atoms with Crippen LogP contribution in [0, 0.1) is 6.92 Å². The molecule has 0 heterocycles. The lowest BCUT2D eigenvalue weighted by atomic mass is 9.96. The van der Waals surface area contributed by atoms with Crippen molar-refractivity contribution >= 4 is 5.96 Å². The molecule has 1 aliphatic rings. The van der Waals surface area contributed by atoms with E-state index in [0.717, 1.165) is 5.75 Å². The monoisotopic (exact) mass is 290 g/mol. The molecule has 0 radical (unpaired) electrons. The Labute approximate surface area is 126 Å². The minimum Gasteiger partial charge on any atom is -0.492 e. The third-order valence-electron chi connectivity index (χ3n) is 3.70. The van der Waals surface area contributed by atoms with E-state index in [1.807, 2.05) is 18.2 Å². The fourth-order valence-corrected chi connectivity index (χ4v) is 2.60. The van der Waals surface area contributed by atoms with Crippen molar-refractivity contribution in [3.63, 3.8) is 0 Å². The fourth-order valence-electron chi connectivity index (χ4n) is 2.60. The molecule has 0 unspecified atom stereocenters. The second kappa shape index (κ2) is 8.52. The zero-order chi connectivity index (χ0) is 14.9. The van der Waals surface area contributed by atoms with Crippen molar-refractivity contribution < 1.29 is 4.74 Å². The third-order valence-corrected chi connectivity index (χ3v) is 3.70. The zero-order valence-corrected chi connectivity index (χ0v) is 12.8. The first kappa shape index (κ1) is 15.6. The normalized spacial score (nSPS) is 16.6. The zero-order valence-electron chi connectivity index (χ0n) is 12.8. The molecule has 5 nitrogen and oxygen atoms in total. The summed E-state index contributed by atoms with van der Waals surface area (Å²) in [6.07, 6.45) is 6.30. The Morgan fingerprint density at radius 1 is 1.33 bits per heavy atom. The van der Waals surface area contributed by atoms with Gasteiger partial charge in [0.05, 0.1) is 6.54 Å². The fraction of sp³-hybridized carbons (Fsp3) is 0.562. The number of aliphatic imine (C=N–C) groups is 1. The highest BCUT2D eigenvalue weighted by Crippen LogP contribution is 2.17. The summed E-state index contributed by atoms with van der Waals surface area (Å²) >= 11 is 0. The summed E-state index contributed by atoms with van der Waals surface area (Å²) in [5, 5.41) is 3.37. The van der Waals surface area contributed by atoms with Gasteiger partial charge in [-0.05, 0) is 37.5 Å². The predicted molar refractivity (Wildman–Crippen MR) is 86.3 cm³/mol. The molecule has 1 aromatic carbocycles. The van der Waals surface area contributed by atoms with Crippen LogP contribution in [-0.4, -0.2) is 25.2 Å². The third kappa shape index (κ3) is 5.63. The highest BCUT2D eigenvalue weighted by atomic mass is 16.5. The van der Waals surface area contributed by atoms with E-state index in [9.17, 15) is 0 Å². The first-order chi connectivity index (χ1) is 10.3. The van der Waals surface area contributed by atoms with E-state index in [1.165, 1.54) is 37.7 Å². The molecule has 0 bridgehead atoms. The molecule has 1 aromatic rings. The summed E-state index contributed by atoms with van der Waals surface area (Å²) in [4.78, 5) is 4.42. The molecule has 0 amide bonds. The number of hydrazine groups is 1. The Balaban J connectivity index is 1.73. The summed E-state index contributed by atoms with van der Waals surface area (Å²) in [6, 6.07) is 8.51. The average Bonchev–Trinajstić information content (AvgIpc) is 2.51. The highest BCUT2D eigenvalue weighted by molar-refractivity contribution is 5.79. The lowest BCUT2D eigenvalue weighted by molar-refractivity contribution is 0.328. The van der Waals surface area contributed by atoms with E-state index in [-0.39, 0.29) is 0 Å². The summed E-state index contributed by atoms with van der Waals surface area (Å²) in [7, 11) is 0. The smallest absolute Gasteiger partial charge is 0.206 e. The molecule has 1 fully saturated rings. The van der Waals surface area contributed by atoms with Crippen LogP contribution in [0.2, 0.25) is 0 Å². The number of hydrogen-bond donors (Lipinski definition) is 3. The number of nitrogens with one attached hydrogen (secondary N) is 2. The lowest BCUT2D eigenvalue weighted by Gasteiger charge is -2.24. The second-order valence-corrected chi connectivity index (χ2v) is 5.52. The van der Waals surface area contributed by atoms with Gasteiger partial charge in [0.2, 0.25) is 5.96 Å². The maximum absolute atomic E-state index is 5.67. The Morgan fingerprint density at radius 2 is 2.14 bits per heavy atom. The Hall–Kier alpha value is -1.75. The number of ether oxygens (including phenoxy) is 1. The van der Waals surface area contributed by atoms with Crippen LogP contribution in [0.5, 0.6) is 5.75 Å². The molecule has 21 heavy (non-hydrogen) atoms. The topological polar surface area (TPSA) is 71.7 Å². The van der Waals surface area contributed by atoms with Gasteiger partial charge in [-0.15, -0.1) is 0 Å². The molecule has 0 saturated heterocycles. The molecule has 1 aliphatic carbocycles. The number of nitrogens with two attached hydrogens (primary N) is 1. The predicted octanol–water partition coefficient (Wildman–Crippen LogP) is 2.12. The molecule has 0 spiro atoms. The van der Waals surface area contributed by atoms with Gasteiger partial charge in [0.15, 0.2) is 0 Å². The van der Waals surface area contributed by atoms with Crippen molar-refractivity contribution in [2.24, 2.45) is 10.8 Å². The second-order valence-electron chi connectivity index (χ2n) is 5.52. The SMILES string of the molecule is Cc1cccc(OCCN=C(NN)NC2CCCCC2)c1. The first-order valence-electron chi connectivity index (χ1n) is 7.75. The standard InChI is InChI=1S/C16H26N4O/c1-13-6-5-9-15(12-13)21-11-10-18-16(20-17)19-14-7-3-2-4-8-14/h5-6,9,12,14H,2-4,7-8,10-11,17H2,1H3,(H2,18,19,20). The molecule has 4 N–H and O–H groups in total. The maximum Gasteiger partial charge on any atom is 0.206 e. The van der Waals surface area contributed by atoms with Gasteiger partial charge in [0.1, 0.15) is 12.4 Å². The van der Waals surface area contributed by atoms with Crippen LogP contribution >= 0.6 is 0 Å². The van der Waals surface area contributed by atoms with Gasteiger partial charge >= 0.3 is 0 Å². The van der Waals surface area contributed by atoms with Gasteiger partial charge in [0.25, 0.3) is 0 Å². The molecule has 2 rings (SSSR count). The molecular formula is C16H26N4O. The molecule has 0 atom stereocenters. The maximum atomic E-state index is 5.67. The van der Waals surface area contributed by atoms with Crippen LogP contribution < -0.4 is 21.3 Å². The van der Waals surface area contributed by atoms with Gasteiger partial charge in [0, 0.05) is 6.04 Å². The summed E-state index contributed by atoms with van der Waals surface area (Å²) in [6.45, 7) is 3.17. The average molecular weight is 290 g/mol. The molecule has 116 valence electrons. The lowest BCUT2D eigenvalue weighted by Crippen LogP contribution is -2.47. The van der Waals surface area contributed by atoms with Crippen molar-refractivity contribution in [3.8, 4) is 5.75 Å². The van der Waals surface area contributed by atoms with E-state index < -0.39 is 0 Å². The molecule has 5 heteroatoms. The Bertz CT molecular complexity index is 455. The highest BCUT2D eigenvalue weighted by Gasteiger charge is 2.13. The van der Waals surface area contributed by atoms with E-state index in [0.29, 0.717) is 25.2 Å². The van der Waals surface area contributed by atoms with Gasteiger partial charge in [-0.1, -0.05) is 31.4 Å². The minimum atomic E-state index is 0.492. The number of benzene rings is 1. The molecule has 0 aliphatic heterocycles. The summed E-state index contributed by atoms with van der Waals surface area (Å²) in [5.41, 5.74) is 3.83. The summed E-state index contributed by atoms with van der Waals surface area (Å²) in [5.74, 6) is 7.06. The first-order valence-corrected chi connectivity index (χ1v) is 7.75. The van der Waals surface area contributed by atoms with Crippen LogP contribution in [0.4, 0.5) is 0 Å². The van der Waals surface area contributed by atoms with Gasteiger partial charge in [-0.2, -0.15) is 0 Å². The number of aryl methyl sites for hydroxylation is 1. The number of hydrogen-bond acceptors (Lipinski definition) is 3. The van der Waals surface area contributed by atoms with Crippen molar-refractivity contribution in [3.05, 3.63) is 29.8 Å². The molecule has 1 saturated carbocycles. The molecular weight excluding hydrogens is 264 g/mol. The van der Waals surface area contributed by atoms with E-state index in [4.69, 9.17) is 10.6 Å². The number of rotatable bonds is 5. The van der Waals surface area contributed by atoms with Crippen molar-refractivity contribution in [1.82, 2.24) is 10.7 Å². The minimum absolute atomic E-state index is 0.492. The number of guanidine groups is 1. The van der Waals surface area contributed by atoms with Crippen molar-refractivity contribution in [1.29, 1.82) is 0 Å². The van der Waals surface area contributed by atoms with Gasteiger partial charge in [-0.3, -0.25) is 5.43 Å². The largest absolute Gasteiger partial charge is 0.492 e. The van der Waals surface area contributed by atoms with E-state index >= 15 is 0 Å². The van der Waals surface area contributed by atoms with Crippen molar-refractivity contribution in [2.75, 3.05) is 13.2 Å². The van der Waals surface area contributed by atoms with E-state index in [1.54, 1.807) is 0 Å².